The van der Waals surface area contributed by atoms with Crippen molar-refractivity contribution in [2.45, 2.75) is 25.7 Å². The second-order valence-corrected chi connectivity index (χ2v) is 6.12. The summed E-state index contributed by atoms with van der Waals surface area (Å²) in [5, 5.41) is 4.03. The van der Waals surface area contributed by atoms with Crippen LogP contribution in [0.25, 0.3) is 11.4 Å². The average Bonchev–Trinajstić information content (AvgIpc) is 3.29. The second-order valence-electron chi connectivity index (χ2n) is 6.12. The minimum absolute atomic E-state index is 0.0814. The van der Waals surface area contributed by atoms with E-state index in [0.717, 1.165) is 17.7 Å². The Morgan fingerprint density at radius 1 is 1.16 bits per heavy atom. The molecule has 1 aromatic carbocycles. The third kappa shape index (κ3) is 3.03. The molecule has 126 valence electrons. The van der Waals surface area contributed by atoms with E-state index in [9.17, 15) is 4.79 Å². The lowest BCUT2D eigenvalue weighted by Gasteiger charge is -2.16. The van der Waals surface area contributed by atoms with Crippen LogP contribution in [-0.4, -0.2) is 27.6 Å². The molecule has 1 fully saturated rings. The van der Waals surface area contributed by atoms with Crippen LogP contribution in [0.4, 0.5) is 5.69 Å². The van der Waals surface area contributed by atoms with Gasteiger partial charge in [-0.1, -0.05) is 24.2 Å². The molecule has 1 aliphatic rings. The summed E-state index contributed by atoms with van der Waals surface area (Å²) in [6.45, 7) is 2.67. The lowest BCUT2D eigenvalue weighted by atomic mass is 10.1. The molecule has 1 aliphatic heterocycles. The average molecular weight is 334 g/mol. The highest BCUT2D eigenvalue weighted by Gasteiger charge is 2.35. The first-order valence-corrected chi connectivity index (χ1v) is 8.38. The molecule has 1 atom stereocenters. The van der Waals surface area contributed by atoms with Crippen molar-refractivity contribution in [3.8, 4) is 11.4 Å². The van der Waals surface area contributed by atoms with E-state index in [0.29, 0.717) is 24.7 Å². The van der Waals surface area contributed by atoms with E-state index in [2.05, 4.69) is 34.2 Å². The molecule has 25 heavy (non-hydrogen) atoms. The van der Waals surface area contributed by atoms with Crippen molar-refractivity contribution in [2.75, 3.05) is 11.4 Å². The first-order chi connectivity index (χ1) is 12.2. The fraction of sp³-hybridized carbons (Fsp3) is 0.263. The Morgan fingerprint density at radius 3 is 2.64 bits per heavy atom. The van der Waals surface area contributed by atoms with Gasteiger partial charge in [0.05, 0.1) is 5.92 Å². The molecule has 6 nitrogen and oxygen atoms in total. The van der Waals surface area contributed by atoms with Gasteiger partial charge >= 0.3 is 0 Å². The number of benzene rings is 1. The third-order valence-corrected chi connectivity index (χ3v) is 4.51. The zero-order valence-electron chi connectivity index (χ0n) is 13.9. The highest BCUT2D eigenvalue weighted by molar-refractivity contribution is 5.96. The van der Waals surface area contributed by atoms with Crippen LogP contribution in [0.1, 0.15) is 30.7 Å². The molecule has 0 N–H and O–H groups in total. The van der Waals surface area contributed by atoms with Crippen LogP contribution in [0.15, 0.2) is 53.3 Å². The number of pyridine rings is 1. The summed E-state index contributed by atoms with van der Waals surface area (Å²) < 4.78 is 5.41. The molecule has 1 unspecified atom stereocenters. The van der Waals surface area contributed by atoms with Crippen LogP contribution in [-0.2, 0) is 11.2 Å². The van der Waals surface area contributed by atoms with Crippen LogP contribution in [0.3, 0.4) is 0 Å². The Balaban J connectivity index is 1.53. The van der Waals surface area contributed by atoms with Crippen LogP contribution >= 0.6 is 0 Å². The standard InChI is InChI=1S/C19H18N4O2/c1-2-13-3-5-16(6-4-13)23-12-15(11-17(23)24)19-21-18(22-25-19)14-7-9-20-10-8-14/h3-10,15H,2,11-12H2,1H3. The summed E-state index contributed by atoms with van der Waals surface area (Å²) in [7, 11) is 0. The van der Waals surface area contributed by atoms with E-state index in [1.165, 1.54) is 5.56 Å². The zero-order valence-corrected chi connectivity index (χ0v) is 13.9. The van der Waals surface area contributed by atoms with Crippen LogP contribution in [0, 0.1) is 0 Å². The normalized spacial score (nSPS) is 17.2. The summed E-state index contributed by atoms with van der Waals surface area (Å²) in [5.74, 6) is 1.03. The quantitative estimate of drug-likeness (QED) is 0.732. The first kappa shape index (κ1) is 15.5. The van der Waals surface area contributed by atoms with Gasteiger partial charge < -0.3 is 9.42 Å². The minimum atomic E-state index is -0.0820. The van der Waals surface area contributed by atoms with E-state index in [1.54, 1.807) is 17.3 Å². The second kappa shape index (κ2) is 6.47. The summed E-state index contributed by atoms with van der Waals surface area (Å²) in [6, 6.07) is 11.8. The molecular weight excluding hydrogens is 316 g/mol. The van der Waals surface area contributed by atoms with Crippen molar-refractivity contribution >= 4 is 11.6 Å². The molecule has 1 amide bonds. The van der Waals surface area contributed by atoms with E-state index in [4.69, 9.17) is 4.52 Å². The number of nitrogens with zero attached hydrogens (tertiary/aromatic N) is 4. The van der Waals surface area contributed by atoms with Crippen LogP contribution in [0.2, 0.25) is 0 Å². The molecule has 2 aromatic heterocycles. The van der Waals surface area contributed by atoms with E-state index in [-0.39, 0.29) is 11.8 Å². The van der Waals surface area contributed by atoms with Gasteiger partial charge in [-0.15, -0.1) is 0 Å². The van der Waals surface area contributed by atoms with Gasteiger partial charge in [0.15, 0.2) is 0 Å². The zero-order chi connectivity index (χ0) is 17.2. The predicted molar refractivity (Wildman–Crippen MR) is 93.1 cm³/mol. The Morgan fingerprint density at radius 2 is 1.92 bits per heavy atom. The van der Waals surface area contributed by atoms with Gasteiger partial charge in [-0.2, -0.15) is 4.98 Å². The number of hydrogen-bond donors (Lipinski definition) is 0. The number of aryl methyl sites for hydroxylation is 1. The molecule has 0 spiro atoms. The fourth-order valence-electron chi connectivity index (χ4n) is 3.05. The van der Waals surface area contributed by atoms with Gasteiger partial charge in [0, 0.05) is 36.6 Å². The minimum Gasteiger partial charge on any atom is -0.339 e. The Hall–Kier alpha value is -3.02. The molecular formula is C19H18N4O2. The topological polar surface area (TPSA) is 72.1 Å². The smallest absolute Gasteiger partial charge is 0.232 e. The summed E-state index contributed by atoms with van der Waals surface area (Å²) in [4.78, 5) is 22.7. The Kier molecular flexibility index (Phi) is 4.01. The monoisotopic (exact) mass is 334 g/mol. The SMILES string of the molecule is CCc1ccc(N2CC(c3nc(-c4ccncc4)no3)CC2=O)cc1. The number of amides is 1. The summed E-state index contributed by atoms with van der Waals surface area (Å²) in [5.41, 5.74) is 3.02. The van der Waals surface area contributed by atoms with Crippen LogP contribution < -0.4 is 4.90 Å². The van der Waals surface area contributed by atoms with Gasteiger partial charge in [-0.25, -0.2) is 0 Å². The maximum absolute atomic E-state index is 12.4. The molecule has 0 saturated carbocycles. The maximum Gasteiger partial charge on any atom is 0.232 e. The highest BCUT2D eigenvalue weighted by Crippen LogP contribution is 2.32. The Bertz CT molecular complexity index is 874. The lowest BCUT2D eigenvalue weighted by molar-refractivity contribution is -0.117. The molecule has 3 aromatic rings. The lowest BCUT2D eigenvalue weighted by Crippen LogP contribution is -2.24. The number of rotatable bonds is 4. The molecule has 0 bridgehead atoms. The summed E-state index contributed by atoms with van der Waals surface area (Å²) >= 11 is 0. The molecule has 4 rings (SSSR count). The summed E-state index contributed by atoms with van der Waals surface area (Å²) in [6.07, 6.45) is 4.74. The third-order valence-electron chi connectivity index (χ3n) is 4.51. The van der Waals surface area contributed by atoms with Crippen molar-refractivity contribution in [1.29, 1.82) is 0 Å². The van der Waals surface area contributed by atoms with Crippen molar-refractivity contribution in [1.82, 2.24) is 15.1 Å². The maximum atomic E-state index is 12.4. The van der Waals surface area contributed by atoms with Crippen molar-refractivity contribution in [2.24, 2.45) is 0 Å². The molecule has 0 aliphatic carbocycles. The Labute approximate surface area is 145 Å². The van der Waals surface area contributed by atoms with Crippen molar-refractivity contribution < 1.29 is 9.32 Å². The molecule has 6 heteroatoms. The number of carbonyl (C=O) groups excluding carboxylic acids is 1. The number of anilines is 1. The number of aromatic nitrogens is 3. The van der Waals surface area contributed by atoms with Crippen molar-refractivity contribution in [3.05, 3.63) is 60.2 Å². The van der Waals surface area contributed by atoms with Gasteiger partial charge in [0.2, 0.25) is 17.6 Å². The van der Waals surface area contributed by atoms with Crippen LogP contribution in [0.5, 0.6) is 0 Å². The van der Waals surface area contributed by atoms with E-state index >= 15 is 0 Å². The molecule has 3 heterocycles. The van der Waals surface area contributed by atoms with Gasteiger partial charge in [-0.05, 0) is 36.2 Å². The predicted octanol–water partition coefficient (Wildman–Crippen LogP) is 3.21. The van der Waals surface area contributed by atoms with E-state index < -0.39 is 0 Å². The number of carbonyl (C=O) groups is 1. The molecule has 0 radical (unpaired) electrons. The highest BCUT2D eigenvalue weighted by atomic mass is 16.5. The van der Waals surface area contributed by atoms with Gasteiger partial charge in [0.25, 0.3) is 0 Å². The number of hydrogen-bond acceptors (Lipinski definition) is 5. The van der Waals surface area contributed by atoms with Gasteiger partial charge in [0.1, 0.15) is 0 Å². The molecule has 1 saturated heterocycles. The first-order valence-electron chi connectivity index (χ1n) is 8.38. The van der Waals surface area contributed by atoms with E-state index in [1.807, 2.05) is 24.3 Å². The van der Waals surface area contributed by atoms with Crippen molar-refractivity contribution in [3.63, 3.8) is 0 Å². The fourth-order valence-corrected chi connectivity index (χ4v) is 3.05. The van der Waals surface area contributed by atoms with Gasteiger partial charge in [-0.3, -0.25) is 9.78 Å². The largest absolute Gasteiger partial charge is 0.339 e.